The molecule has 0 rings (SSSR count). The molecule has 0 fully saturated rings. The van der Waals surface area contributed by atoms with Gasteiger partial charge in [0.05, 0.1) is 13.2 Å². The average Bonchev–Trinajstić information content (AvgIpc) is 2.50. The molecule has 0 aliphatic carbocycles. The first-order chi connectivity index (χ1) is 10.8. The minimum Gasteiger partial charge on any atom is -0.325 e. The zero-order valence-electron chi connectivity index (χ0n) is 16.0. The van der Waals surface area contributed by atoms with E-state index in [1.807, 2.05) is 0 Å². The van der Waals surface area contributed by atoms with Gasteiger partial charge in [0.1, 0.15) is 0 Å². The summed E-state index contributed by atoms with van der Waals surface area (Å²) in [7, 11) is -3.69. The molecule has 3 N–H and O–H groups in total. The average molecular weight is 353 g/mol. The van der Waals surface area contributed by atoms with Crippen LogP contribution in [0.1, 0.15) is 92.4 Å². The third-order valence-corrected chi connectivity index (χ3v) is 4.84. The Kier molecular flexibility index (Phi) is 17.2. The number of phosphoric ester groups is 1. The van der Waals surface area contributed by atoms with E-state index >= 15 is 0 Å². The Hall–Kier alpha value is 0.0700. The quantitative estimate of drug-likeness (QED) is 0.432. The standard InChI is InChI=1S/C13H29N.C4H11O4P/c1-4-7-10-13(14,11-8-5-2)12-9-6-3;1-3-7-9(5,6)8-4-2/h4-12,14H2,1-3H3;3-4H2,1-2H3,(H,5,6). The smallest absolute Gasteiger partial charge is 0.325 e. The molecule has 0 saturated heterocycles. The summed E-state index contributed by atoms with van der Waals surface area (Å²) < 4.78 is 19.2. The number of rotatable bonds is 13. The van der Waals surface area contributed by atoms with E-state index in [9.17, 15) is 4.57 Å². The lowest BCUT2D eigenvalue weighted by molar-refractivity contribution is 0.161. The van der Waals surface area contributed by atoms with Crippen molar-refractivity contribution >= 4 is 7.82 Å². The summed E-state index contributed by atoms with van der Waals surface area (Å²) in [6, 6.07) is 0. The minimum absolute atomic E-state index is 0.155. The summed E-state index contributed by atoms with van der Waals surface area (Å²) >= 11 is 0. The summed E-state index contributed by atoms with van der Waals surface area (Å²) in [5.41, 5.74) is 6.61. The van der Waals surface area contributed by atoms with E-state index in [0.29, 0.717) is 0 Å². The van der Waals surface area contributed by atoms with Crippen LogP contribution >= 0.6 is 7.82 Å². The first-order valence-electron chi connectivity index (χ1n) is 9.21. The third-order valence-electron chi connectivity index (χ3n) is 3.67. The number of hydrogen-bond donors (Lipinski definition) is 2. The van der Waals surface area contributed by atoms with Gasteiger partial charge in [-0.25, -0.2) is 4.57 Å². The van der Waals surface area contributed by atoms with Crippen LogP contribution in [0.5, 0.6) is 0 Å². The van der Waals surface area contributed by atoms with E-state index < -0.39 is 7.82 Å². The van der Waals surface area contributed by atoms with Crippen molar-refractivity contribution in [2.75, 3.05) is 13.2 Å². The van der Waals surface area contributed by atoms with Crippen molar-refractivity contribution in [1.29, 1.82) is 0 Å². The van der Waals surface area contributed by atoms with Crippen molar-refractivity contribution in [3.63, 3.8) is 0 Å². The van der Waals surface area contributed by atoms with Gasteiger partial charge >= 0.3 is 7.82 Å². The molecule has 0 bridgehead atoms. The summed E-state index contributed by atoms with van der Waals surface area (Å²) in [4.78, 5) is 8.63. The predicted octanol–water partition coefficient (Wildman–Crippen LogP) is 5.41. The van der Waals surface area contributed by atoms with Gasteiger partial charge in [-0.15, -0.1) is 0 Å². The van der Waals surface area contributed by atoms with Crippen LogP contribution in [0.25, 0.3) is 0 Å². The van der Waals surface area contributed by atoms with Crippen LogP contribution in [0.4, 0.5) is 0 Å². The van der Waals surface area contributed by atoms with Gasteiger partial charge in [-0.2, -0.15) is 0 Å². The second-order valence-electron chi connectivity index (χ2n) is 5.98. The summed E-state index contributed by atoms with van der Waals surface area (Å²) in [5.74, 6) is 0. The molecule has 0 aliphatic rings. The fraction of sp³-hybridized carbons (Fsp3) is 1.00. The first kappa shape index (κ1) is 25.3. The highest BCUT2D eigenvalue weighted by Crippen LogP contribution is 2.42. The van der Waals surface area contributed by atoms with Gasteiger partial charge in [-0.1, -0.05) is 59.3 Å². The number of hydrogen-bond acceptors (Lipinski definition) is 4. The largest absolute Gasteiger partial charge is 0.472 e. The van der Waals surface area contributed by atoms with Gasteiger partial charge < -0.3 is 10.6 Å². The molecule has 142 valence electrons. The molecule has 0 atom stereocenters. The lowest BCUT2D eigenvalue weighted by Crippen LogP contribution is -2.39. The van der Waals surface area contributed by atoms with Gasteiger partial charge in [0.15, 0.2) is 0 Å². The fourth-order valence-corrected chi connectivity index (χ4v) is 3.05. The zero-order valence-corrected chi connectivity index (χ0v) is 16.9. The Bertz CT molecular complexity index is 269. The first-order valence-corrected chi connectivity index (χ1v) is 10.7. The van der Waals surface area contributed by atoms with E-state index in [4.69, 9.17) is 10.6 Å². The zero-order chi connectivity index (χ0) is 18.2. The molecule has 0 amide bonds. The second-order valence-corrected chi connectivity index (χ2v) is 7.43. The highest BCUT2D eigenvalue weighted by Gasteiger charge is 2.22. The van der Waals surface area contributed by atoms with Crippen LogP contribution in [0, 0.1) is 0 Å². The van der Waals surface area contributed by atoms with Gasteiger partial charge in [-0.3, -0.25) is 9.05 Å². The Labute approximate surface area is 143 Å². The lowest BCUT2D eigenvalue weighted by atomic mass is 9.84. The minimum atomic E-state index is -3.69. The molecule has 0 aromatic heterocycles. The molecule has 0 aliphatic heterocycles. The van der Waals surface area contributed by atoms with Gasteiger partial charge in [0.2, 0.25) is 0 Å². The van der Waals surface area contributed by atoms with E-state index in [-0.39, 0.29) is 18.8 Å². The molecular weight excluding hydrogens is 313 g/mol. The Balaban J connectivity index is 0. The molecule has 0 saturated carbocycles. The van der Waals surface area contributed by atoms with Crippen molar-refractivity contribution in [2.24, 2.45) is 5.73 Å². The highest BCUT2D eigenvalue weighted by molar-refractivity contribution is 7.47. The summed E-state index contributed by atoms with van der Waals surface area (Å²) in [6.07, 6.45) is 11.4. The lowest BCUT2D eigenvalue weighted by Gasteiger charge is -2.29. The summed E-state index contributed by atoms with van der Waals surface area (Å²) in [5, 5.41) is 0. The molecular formula is C17H40NO4P. The summed E-state index contributed by atoms with van der Waals surface area (Å²) in [6.45, 7) is 10.4. The topological polar surface area (TPSA) is 81.8 Å². The predicted molar refractivity (Wildman–Crippen MR) is 98.6 cm³/mol. The normalized spacial score (nSPS) is 12.0. The van der Waals surface area contributed by atoms with Crippen LogP contribution < -0.4 is 5.73 Å². The maximum Gasteiger partial charge on any atom is 0.472 e. The van der Waals surface area contributed by atoms with Crippen LogP contribution in [-0.2, 0) is 13.6 Å². The van der Waals surface area contributed by atoms with E-state index in [1.54, 1.807) is 13.8 Å². The molecule has 6 heteroatoms. The maximum atomic E-state index is 10.5. The van der Waals surface area contributed by atoms with Gasteiger partial charge in [-0.05, 0) is 33.1 Å². The third kappa shape index (κ3) is 16.7. The molecule has 0 aromatic carbocycles. The molecule has 0 aromatic rings. The molecule has 0 unspecified atom stereocenters. The highest BCUT2D eigenvalue weighted by atomic mass is 31.2. The second kappa shape index (κ2) is 15.6. The van der Waals surface area contributed by atoms with Crippen LogP contribution in [0.3, 0.4) is 0 Å². The van der Waals surface area contributed by atoms with Crippen molar-refractivity contribution in [3.05, 3.63) is 0 Å². The van der Waals surface area contributed by atoms with Crippen molar-refractivity contribution in [1.82, 2.24) is 0 Å². The molecule has 0 heterocycles. The fourth-order valence-electron chi connectivity index (χ4n) is 2.33. The van der Waals surface area contributed by atoms with Crippen molar-refractivity contribution < 1.29 is 18.5 Å². The van der Waals surface area contributed by atoms with Gasteiger partial charge in [0.25, 0.3) is 0 Å². The van der Waals surface area contributed by atoms with Crippen LogP contribution in [0.2, 0.25) is 0 Å². The molecule has 0 radical (unpaired) electrons. The Morgan fingerprint density at radius 3 is 1.35 bits per heavy atom. The maximum absolute atomic E-state index is 10.5. The number of unbranched alkanes of at least 4 members (excludes halogenated alkanes) is 3. The van der Waals surface area contributed by atoms with Gasteiger partial charge in [0, 0.05) is 5.54 Å². The van der Waals surface area contributed by atoms with E-state index in [1.165, 1.54) is 57.8 Å². The van der Waals surface area contributed by atoms with E-state index in [0.717, 1.165) is 0 Å². The van der Waals surface area contributed by atoms with E-state index in [2.05, 4.69) is 29.8 Å². The SMILES string of the molecule is CCCCC(N)(CCCC)CCCC.CCOP(=O)(O)OCC. The number of nitrogens with two attached hydrogens (primary N) is 1. The molecule has 0 spiro atoms. The monoisotopic (exact) mass is 353 g/mol. The van der Waals surface area contributed by atoms with Crippen molar-refractivity contribution in [2.45, 2.75) is 97.9 Å². The van der Waals surface area contributed by atoms with Crippen LogP contribution in [0.15, 0.2) is 0 Å². The molecule has 23 heavy (non-hydrogen) atoms. The Morgan fingerprint density at radius 2 is 1.13 bits per heavy atom. The Morgan fingerprint density at radius 1 is 0.826 bits per heavy atom. The number of phosphoric acid groups is 1. The molecule has 5 nitrogen and oxygen atoms in total. The van der Waals surface area contributed by atoms with Crippen molar-refractivity contribution in [3.8, 4) is 0 Å². The van der Waals surface area contributed by atoms with Crippen LogP contribution in [-0.4, -0.2) is 23.6 Å².